The van der Waals surface area contributed by atoms with Crippen LogP contribution in [-0.4, -0.2) is 34.7 Å². The molecule has 1 aromatic heterocycles. The number of hydrogen-bond acceptors (Lipinski definition) is 5. The fourth-order valence-electron chi connectivity index (χ4n) is 1.74. The average molecular weight is 275 g/mol. The minimum absolute atomic E-state index is 0.238. The molecule has 0 fully saturated rings. The van der Waals surface area contributed by atoms with Gasteiger partial charge in [-0.05, 0) is 31.0 Å². The molecule has 0 amide bonds. The topological polar surface area (TPSA) is 66.2 Å². The molecule has 0 unspecified atom stereocenters. The molecule has 0 N–H and O–H groups in total. The zero-order valence-corrected chi connectivity index (χ0v) is 11.6. The number of aromatic nitrogens is 3. The molecule has 1 heterocycles. The number of aryl methyl sites for hydroxylation is 2. The summed E-state index contributed by atoms with van der Waals surface area (Å²) in [6.45, 7) is 2.74. The number of rotatable bonds is 6. The van der Waals surface area contributed by atoms with E-state index in [-0.39, 0.29) is 5.69 Å². The molecule has 6 heteroatoms. The van der Waals surface area contributed by atoms with Crippen LogP contribution in [0.25, 0.3) is 0 Å². The smallest absolute Gasteiger partial charge is 0.360 e. The second kappa shape index (κ2) is 6.70. The van der Waals surface area contributed by atoms with Crippen LogP contribution in [0.3, 0.4) is 0 Å². The van der Waals surface area contributed by atoms with Crippen LogP contribution in [-0.2, 0) is 17.7 Å². The number of nitrogens with zero attached hydrogens (tertiary/aromatic N) is 3. The first-order valence-corrected chi connectivity index (χ1v) is 6.43. The monoisotopic (exact) mass is 275 g/mol. The van der Waals surface area contributed by atoms with Crippen molar-refractivity contribution in [3.63, 3.8) is 0 Å². The van der Waals surface area contributed by atoms with Gasteiger partial charge in [-0.3, -0.25) is 4.68 Å². The van der Waals surface area contributed by atoms with E-state index in [1.54, 1.807) is 24.9 Å². The first-order valence-electron chi connectivity index (χ1n) is 6.43. The highest BCUT2D eigenvalue weighted by atomic mass is 16.5. The number of benzene rings is 1. The van der Waals surface area contributed by atoms with Crippen molar-refractivity contribution in [1.29, 1.82) is 0 Å². The lowest BCUT2D eigenvalue weighted by atomic mass is 10.1. The van der Waals surface area contributed by atoms with Gasteiger partial charge in [0, 0.05) is 6.54 Å². The standard InChI is InChI=1S/C14H17N3O3/c1-3-20-14(18)13-10-17(16-15-13)9-8-11-4-6-12(19-2)7-5-11/h4-7,10H,3,8-9H2,1-2H3. The SMILES string of the molecule is CCOC(=O)c1cn(CCc2ccc(OC)cc2)nn1. The highest BCUT2D eigenvalue weighted by molar-refractivity contribution is 5.86. The molecule has 20 heavy (non-hydrogen) atoms. The van der Waals surface area contributed by atoms with Gasteiger partial charge in [0.05, 0.1) is 19.9 Å². The molecule has 0 aliphatic carbocycles. The van der Waals surface area contributed by atoms with E-state index >= 15 is 0 Å². The second-order valence-corrected chi connectivity index (χ2v) is 4.19. The van der Waals surface area contributed by atoms with E-state index < -0.39 is 5.97 Å². The van der Waals surface area contributed by atoms with Crippen molar-refractivity contribution in [2.45, 2.75) is 19.9 Å². The normalized spacial score (nSPS) is 10.3. The van der Waals surface area contributed by atoms with Crippen molar-refractivity contribution >= 4 is 5.97 Å². The van der Waals surface area contributed by atoms with Crippen molar-refractivity contribution in [3.8, 4) is 5.75 Å². The van der Waals surface area contributed by atoms with Crippen molar-refractivity contribution in [2.75, 3.05) is 13.7 Å². The molecule has 0 bridgehead atoms. The lowest BCUT2D eigenvalue weighted by molar-refractivity contribution is 0.0519. The van der Waals surface area contributed by atoms with E-state index in [9.17, 15) is 4.79 Å². The molecule has 0 atom stereocenters. The van der Waals surface area contributed by atoms with Crippen LogP contribution in [0.5, 0.6) is 5.75 Å². The number of hydrogen-bond donors (Lipinski definition) is 0. The van der Waals surface area contributed by atoms with Crippen molar-refractivity contribution < 1.29 is 14.3 Å². The van der Waals surface area contributed by atoms with Crippen molar-refractivity contribution in [2.24, 2.45) is 0 Å². The molecular weight excluding hydrogens is 258 g/mol. The van der Waals surface area contributed by atoms with E-state index in [1.165, 1.54) is 5.56 Å². The highest BCUT2D eigenvalue weighted by Crippen LogP contribution is 2.12. The van der Waals surface area contributed by atoms with Gasteiger partial charge < -0.3 is 9.47 Å². The summed E-state index contributed by atoms with van der Waals surface area (Å²) in [6, 6.07) is 7.84. The molecule has 0 aliphatic heterocycles. The minimum Gasteiger partial charge on any atom is -0.497 e. The molecule has 6 nitrogen and oxygen atoms in total. The molecule has 0 spiro atoms. The number of carbonyl (C=O) groups is 1. The van der Waals surface area contributed by atoms with E-state index in [2.05, 4.69) is 10.3 Å². The summed E-state index contributed by atoms with van der Waals surface area (Å²) in [5.74, 6) is 0.391. The quantitative estimate of drug-likeness (QED) is 0.751. The zero-order valence-electron chi connectivity index (χ0n) is 11.6. The van der Waals surface area contributed by atoms with Crippen LogP contribution in [0.1, 0.15) is 23.0 Å². The average Bonchev–Trinajstić information content (AvgIpc) is 2.95. The number of carbonyl (C=O) groups excluding carboxylic acids is 1. The molecule has 106 valence electrons. The van der Waals surface area contributed by atoms with E-state index in [0.717, 1.165) is 12.2 Å². The molecule has 2 aromatic rings. The van der Waals surface area contributed by atoms with Crippen LogP contribution < -0.4 is 4.74 Å². The molecule has 0 radical (unpaired) electrons. The fraction of sp³-hybridized carbons (Fsp3) is 0.357. The Morgan fingerprint density at radius 1 is 1.30 bits per heavy atom. The fourth-order valence-corrected chi connectivity index (χ4v) is 1.74. The minimum atomic E-state index is -0.441. The van der Waals surface area contributed by atoms with Gasteiger partial charge >= 0.3 is 5.97 Å². The Morgan fingerprint density at radius 2 is 2.05 bits per heavy atom. The van der Waals surface area contributed by atoms with Crippen LogP contribution in [0, 0.1) is 0 Å². The molecule has 0 saturated carbocycles. The van der Waals surface area contributed by atoms with Gasteiger partial charge in [0.1, 0.15) is 5.75 Å². The Morgan fingerprint density at radius 3 is 2.70 bits per heavy atom. The lowest BCUT2D eigenvalue weighted by Gasteiger charge is -2.03. The van der Waals surface area contributed by atoms with Gasteiger partial charge in [-0.1, -0.05) is 17.3 Å². The van der Waals surface area contributed by atoms with E-state index in [0.29, 0.717) is 13.2 Å². The third kappa shape index (κ3) is 3.57. The lowest BCUT2D eigenvalue weighted by Crippen LogP contribution is -2.05. The third-order valence-electron chi connectivity index (χ3n) is 2.81. The van der Waals surface area contributed by atoms with Gasteiger partial charge in [-0.2, -0.15) is 0 Å². The third-order valence-corrected chi connectivity index (χ3v) is 2.81. The van der Waals surface area contributed by atoms with Crippen molar-refractivity contribution in [1.82, 2.24) is 15.0 Å². The Hall–Kier alpha value is -2.37. The Bertz CT molecular complexity index is 563. The second-order valence-electron chi connectivity index (χ2n) is 4.19. The summed E-state index contributed by atoms with van der Waals surface area (Å²) >= 11 is 0. The van der Waals surface area contributed by atoms with Crippen molar-refractivity contribution in [3.05, 3.63) is 41.7 Å². The maximum Gasteiger partial charge on any atom is 0.360 e. The predicted octanol–water partition coefficient (Wildman–Crippen LogP) is 1.71. The Balaban J connectivity index is 1.91. The number of esters is 1. The molecular formula is C14H17N3O3. The maximum absolute atomic E-state index is 11.5. The van der Waals surface area contributed by atoms with Gasteiger partial charge in [-0.25, -0.2) is 4.79 Å². The number of methoxy groups -OCH3 is 1. The molecule has 2 rings (SSSR count). The molecule has 0 aliphatic rings. The Labute approximate surface area is 117 Å². The van der Waals surface area contributed by atoms with Crippen LogP contribution in [0.15, 0.2) is 30.5 Å². The summed E-state index contributed by atoms with van der Waals surface area (Å²) in [6.07, 6.45) is 2.40. The summed E-state index contributed by atoms with van der Waals surface area (Å²) in [5, 5.41) is 7.70. The summed E-state index contributed by atoms with van der Waals surface area (Å²) in [7, 11) is 1.64. The van der Waals surface area contributed by atoms with Crippen LogP contribution >= 0.6 is 0 Å². The van der Waals surface area contributed by atoms with Gasteiger partial charge in [0.25, 0.3) is 0 Å². The summed E-state index contributed by atoms with van der Waals surface area (Å²) in [4.78, 5) is 11.5. The van der Waals surface area contributed by atoms with Crippen LogP contribution in [0.4, 0.5) is 0 Å². The Kier molecular flexibility index (Phi) is 4.70. The summed E-state index contributed by atoms with van der Waals surface area (Å²) in [5.41, 5.74) is 1.40. The molecule has 0 saturated heterocycles. The predicted molar refractivity (Wildman–Crippen MR) is 72.7 cm³/mol. The highest BCUT2D eigenvalue weighted by Gasteiger charge is 2.11. The summed E-state index contributed by atoms with van der Waals surface area (Å²) < 4.78 is 11.6. The largest absolute Gasteiger partial charge is 0.497 e. The zero-order chi connectivity index (χ0) is 14.4. The molecule has 1 aromatic carbocycles. The van der Waals surface area contributed by atoms with E-state index in [1.807, 2.05) is 24.3 Å². The van der Waals surface area contributed by atoms with E-state index in [4.69, 9.17) is 9.47 Å². The maximum atomic E-state index is 11.5. The first kappa shape index (κ1) is 14.0. The number of ether oxygens (including phenoxy) is 2. The van der Waals surface area contributed by atoms with Gasteiger partial charge in [0.2, 0.25) is 0 Å². The van der Waals surface area contributed by atoms with Gasteiger partial charge in [-0.15, -0.1) is 5.10 Å². The first-order chi connectivity index (χ1) is 9.72. The van der Waals surface area contributed by atoms with Gasteiger partial charge in [0.15, 0.2) is 5.69 Å². The van der Waals surface area contributed by atoms with Crippen LogP contribution in [0.2, 0.25) is 0 Å².